The Morgan fingerprint density at radius 2 is 0.714 bits per heavy atom. The van der Waals surface area contributed by atoms with Crippen molar-refractivity contribution in [3.8, 4) is 0 Å². The molecule has 0 saturated heterocycles. The number of nitrogens with zero attached hydrogens (tertiary/aromatic N) is 12. The van der Waals surface area contributed by atoms with Crippen LogP contribution in [0.2, 0.25) is 0 Å². The van der Waals surface area contributed by atoms with Crippen LogP contribution in [-0.4, -0.2) is 26.2 Å². The van der Waals surface area contributed by atoms with Gasteiger partial charge in [-0.15, -0.1) is 0 Å². The molecule has 4 atom stereocenters. The molecule has 2 aliphatic rings. The molecular weight excluding hydrogens is 360 g/mol. The third kappa shape index (κ3) is 6.76. The van der Waals surface area contributed by atoms with Gasteiger partial charge >= 0.3 is 0 Å². The van der Waals surface area contributed by atoms with Crippen LogP contribution in [0.5, 0.6) is 0 Å². The molecule has 0 radical (unpaired) electrons. The second-order valence-corrected chi connectivity index (χ2v) is 8.05. The molecule has 0 spiro atoms. The molecule has 2 aliphatic carbocycles. The van der Waals surface area contributed by atoms with Gasteiger partial charge in [-0.2, -0.15) is 0 Å². The summed E-state index contributed by atoms with van der Waals surface area (Å²) in [6.07, 6.45) is 5.76. The van der Waals surface area contributed by atoms with Crippen LogP contribution in [0.25, 0.3) is 41.8 Å². The molecule has 4 unspecified atom stereocenters. The van der Waals surface area contributed by atoms with Gasteiger partial charge in [-0.1, -0.05) is 20.5 Å². The Bertz CT molecular complexity index is 580. The number of rotatable bonds is 9. The van der Waals surface area contributed by atoms with Gasteiger partial charge in [-0.3, -0.25) is 0 Å². The first kappa shape index (κ1) is 21.5. The Balaban J connectivity index is 2.13. The van der Waals surface area contributed by atoms with Crippen molar-refractivity contribution in [1.29, 1.82) is 0 Å². The highest BCUT2D eigenvalue weighted by Gasteiger charge is 2.37. The largest absolute Gasteiger partial charge is 0.0937 e. The van der Waals surface area contributed by atoms with Crippen molar-refractivity contribution >= 4 is 0 Å². The van der Waals surface area contributed by atoms with Gasteiger partial charge in [0.15, 0.2) is 0 Å². The van der Waals surface area contributed by atoms with Crippen LogP contribution in [0.4, 0.5) is 0 Å². The molecule has 2 saturated carbocycles. The summed E-state index contributed by atoms with van der Waals surface area (Å²) in [6, 6.07) is 0. The Morgan fingerprint density at radius 1 is 0.464 bits per heavy atom. The fourth-order valence-corrected chi connectivity index (χ4v) is 5.21. The van der Waals surface area contributed by atoms with Crippen LogP contribution >= 0.6 is 0 Å². The lowest BCUT2D eigenvalue weighted by molar-refractivity contribution is 0.0859. The minimum absolute atomic E-state index is 0.293. The first-order chi connectivity index (χ1) is 13.7. The third-order valence-corrected chi connectivity index (χ3v) is 6.16. The predicted octanol–water partition coefficient (Wildman–Crippen LogP) is 6.29. The number of hydrogen-bond donors (Lipinski definition) is 0. The fourth-order valence-electron chi connectivity index (χ4n) is 5.21. The standard InChI is InChI=1S/C16H26N12/c17-25-21-7-11-1-12(8-22-26-18)4-15(3-11)16-5-13(9-23-27-19)2-14(6-16)10-24-28-20/h11-16H,1-10H2. The Kier molecular flexibility index (Phi) is 9.11. The minimum Gasteiger partial charge on any atom is -0.0937 e. The molecule has 0 amide bonds. The van der Waals surface area contributed by atoms with E-state index < -0.39 is 0 Å². The molecule has 12 nitrogen and oxygen atoms in total. The van der Waals surface area contributed by atoms with Crippen molar-refractivity contribution in [2.45, 2.75) is 38.5 Å². The van der Waals surface area contributed by atoms with Crippen LogP contribution in [0, 0.1) is 35.5 Å². The van der Waals surface area contributed by atoms with Gasteiger partial charge in [0.2, 0.25) is 0 Å². The van der Waals surface area contributed by atoms with Gasteiger partial charge in [0.25, 0.3) is 0 Å². The van der Waals surface area contributed by atoms with Gasteiger partial charge in [0, 0.05) is 45.8 Å². The molecule has 2 rings (SSSR count). The van der Waals surface area contributed by atoms with Gasteiger partial charge in [0.05, 0.1) is 0 Å². The summed E-state index contributed by atoms with van der Waals surface area (Å²) in [5.41, 5.74) is 34.7. The van der Waals surface area contributed by atoms with E-state index >= 15 is 0 Å². The fraction of sp³-hybridized carbons (Fsp3) is 1.00. The average molecular weight is 386 g/mol. The summed E-state index contributed by atoms with van der Waals surface area (Å²) in [4.78, 5) is 11.6. The van der Waals surface area contributed by atoms with E-state index in [-0.39, 0.29) is 0 Å². The molecule has 150 valence electrons. The van der Waals surface area contributed by atoms with Crippen LogP contribution < -0.4 is 0 Å². The van der Waals surface area contributed by atoms with Crippen molar-refractivity contribution in [3.63, 3.8) is 0 Å². The maximum Gasteiger partial charge on any atom is 0.0286 e. The highest BCUT2D eigenvalue weighted by molar-refractivity contribution is 4.90. The quantitative estimate of drug-likeness (QED) is 0.244. The molecule has 0 heterocycles. The summed E-state index contributed by atoms with van der Waals surface area (Å²) in [6.45, 7) is 1.88. The van der Waals surface area contributed by atoms with Crippen molar-refractivity contribution < 1.29 is 0 Å². The zero-order chi connectivity index (χ0) is 20.2. The van der Waals surface area contributed by atoms with Crippen molar-refractivity contribution in [1.82, 2.24) is 0 Å². The highest BCUT2D eigenvalue weighted by Crippen LogP contribution is 2.45. The molecule has 12 heteroatoms. The van der Waals surface area contributed by atoms with Crippen LogP contribution in [-0.2, 0) is 0 Å². The van der Waals surface area contributed by atoms with Crippen molar-refractivity contribution in [2.24, 2.45) is 56.0 Å². The lowest BCUT2D eigenvalue weighted by Gasteiger charge is -2.43. The smallest absolute Gasteiger partial charge is 0.0286 e. The van der Waals surface area contributed by atoms with E-state index in [1.54, 1.807) is 0 Å². The van der Waals surface area contributed by atoms with Crippen LogP contribution in [0.3, 0.4) is 0 Å². The molecule has 28 heavy (non-hydrogen) atoms. The molecule has 0 bridgehead atoms. The maximum absolute atomic E-state index is 8.67. The van der Waals surface area contributed by atoms with Gasteiger partial charge in [-0.05, 0) is 96.2 Å². The second kappa shape index (κ2) is 11.8. The lowest BCUT2D eigenvalue weighted by atomic mass is 9.63. The normalized spacial score (nSPS) is 32.0. The Labute approximate surface area is 163 Å². The summed E-state index contributed by atoms with van der Waals surface area (Å²) in [5.74, 6) is 2.05. The van der Waals surface area contributed by atoms with Crippen LogP contribution in [0.1, 0.15) is 38.5 Å². The van der Waals surface area contributed by atoms with E-state index in [1.807, 2.05) is 0 Å². The maximum atomic E-state index is 8.67. The SMILES string of the molecule is [N-]=[N+]=NCC1CC(CN=[N+]=[N-])CC(C2CC(CN=[N+]=[N-])CC(CN=[N+]=[N-])C2)C1. The summed E-state index contributed by atoms with van der Waals surface area (Å²) < 4.78 is 0. The predicted molar refractivity (Wildman–Crippen MR) is 105 cm³/mol. The molecule has 0 aromatic rings. The summed E-state index contributed by atoms with van der Waals surface area (Å²) >= 11 is 0. The lowest BCUT2D eigenvalue weighted by Crippen LogP contribution is -2.35. The molecule has 2 fully saturated rings. The van der Waals surface area contributed by atoms with Crippen molar-refractivity contribution in [3.05, 3.63) is 41.8 Å². The van der Waals surface area contributed by atoms with E-state index in [0.717, 1.165) is 38.5 Å². The molecular formula is C16H26N12. The monoisotopic (exact) mass is 386 g/mol. The zero-order valence-corrected chi connectivity index (χ0v) is 15.9. The first-order valence-corrected chi connectivity index (χ1v) is 9.73. The van der Waals surface area contributed by atoms with Gasteiger partial charge in [0.1, 0.15) is 0 Å². The van der Waals surface area contributed by atoms with E-state index in [0.29, 0.717) is 61.7 Å². The van der Waals surface area contributed by atoms with E-state index in [2.05, 4.69) is 40.1 Å². The highest BCUT2D eigenvalue weighted by atomic mass is 15.1. The van der Waals surface area contributed by atoms with Crippen LogP contribution in [0.15, 0.2) is 20.5 Å². The van der Waals surface area contributed by atoms with E-state index in [1.165, 1.54) is 0 Å². The molecule has 0 N–H and O–H groups in total. The Hall–Kier alpha value is -2.76. The second-order valence-electron chi connectivity index (χ2n) is 8.05. The third-order valence-electron chi connectivity index (χ3n) is 6.16. The number of azide groups is 4. The first-order valence-electron chi connectivity index (χ1n) is 9.73. The average Bonchev–Trinajstić information content (AvgIpc) is 2.73. The summed E-state index contributed by atoms with van der Waals surface area (Å²) in [5, 5.41) is 15.1. The molecule has 0 aromatic heterocycles. The Morgan fingerprint density at radius 3 is 0.929 bits per heavy atom. The minimum atomic E-state index is 0.293. The number of hydrogen-bond acceptors (Lipinski definition) is 4. The van der Waals surface area contributed by atoms with Gasteiger partial charge < -0.3 is 0 Å². The molecule has 0 aromatic carbocycles. The summed E-state index contributed by atoms with van der Waals surface area (Å²) in [7, 11) is 0. The van der Waals surface area contributed by atoms with E-state index in [4.69, 9.17) is 22.1 Å². The van der Waals surface area contributed by atoms with Gasteiger partial charge in [-0.25, -0.2) is 0 Å². The van der Waals surface area contributed by atoms with Crippen molar-refractivity contribution in [2.75, 3.05) is 26.2 Å². The topological polar surface area (TPSA) is 195 Å². The zero-order valence-electron chi connectivity index (χ0n) is 15.9. The van der Waals surface area contributed by atoms with E-state index in [9.17, 15) is 0 Å². The molecule has 0 aliphatic heterocycles.